The van der Waals surface area contributed by atoms with Crippen LogP contribution in [0.1, 0.15) is 17.2 Å². The molecule has 0 saturated carbocycles. The minimum atomic E-state index is -0.579. The van der Waals surface area contributed by atoms with Crippen LogP contribution in [0.3, 0.4) is 0 Å². The highest BCUT2D eigenvalue weighted by atomic mass is 35.5. The van der Waals surface area contributed by atoms with Gasteiger partial charge >= 0.3 is 0 Å². The predicted molar refractivity (Wildman–Crippen MR) is 140 cm³/mol. The van der Waals surface area contributed by atoms with Crippen molar-refractivity contribution in [2.45, 2.75) is 6.04 Å². The molecule has 0 atom stereocenters. The van der Waals surface area contributed by atoms with Crippen LogP contribution in [-0.4, -0.2) is 47.8 Å². The third-order valence-electron chi connectivity index (χ3n) is 6.38. The topological polar surface area (TPSA) is 43.9 Å². The van der Waals surface area contributed by atoms with Crippen LogP contribution in [-0.2, 0) is 9.59 Å². The fourth-order valence-corrected chi connectivity index (χ4v) is 5.51. The minimum Gasteiger partial charge on any atom is -0.363 e. The van der Waals surface area contributed by atoms with Gasteiger partial charge in [0.2, 0.25) is 0 Å². The number of benzene rings is 3. The Morgan fingerprint density at radius 1 is 0.686 bits per heavy atom. The van der Waals surface area contributed by atoms with Crippen molar-refractivity contribution in [3.63, 3.8) is 0 Å². The molecule has 5 rings (SSSR count). The lowest BCUT2D eigenvalue weighted by Crippen LogP contribution is -2.48. The van der Waals surface area contributed by atoms with E-state index in [1.165, 1.54) is 17.2 Å². The maximum absolute atomic E-state index is 13.3. The van der Waals surface area contributed by atoms with Crippen molar-refractivity contribution < 1.29 is 9.59 Å². The molecular weight excluding hydrogens is 505 g/mol. The van der Waals surface area contributed by atoms with Crippen molar-refractivity contribution in [2.24, 2.45) is 0 Å². The highest BCUT2D eigenvalue weighted by Crippen LogP contribution is 2.37. The van der Waals surface area contributed by atoms with Crippen LogP contribution in [0, 0.1) is 0 Å². The number of halogens is 3. The summed E-state index contributed by atoms with van der Waals surface area (Å²) in [6.07, 6.45) is 0. The predicted octanol–water partition coefficient (Wildman–Crippen LogP) is 5.72. The number of imide groups is 1. The number of nitrogens with zero attached hydrogens (tertiary/aromatic N) is 3. The lowest BCUT2D eigenvalue weighted by Gasteiger charge is -2.40. The summed E-state index contributed by atoms with van der Waals surface area (Å²) in [4.78, 5) is 31.6. The van der Waals surface area contributed by atoms with E-state index in [-0.39, 0.29) is 27.5 Å². The molecule has 3 aromatic rings. The second-order valence-corrected chi connectivity index (χ2v) is 9.67. The van der Waals surface area contributed by atoms with Gasteiger partial charge in [-0.15, -0.1) is 0 Å². The molecule has 0 bridgehead atoms. The van der Waals surface area contributed by atoms with Gasteiger partial charge in [-0.2, -0.15) is 0 Å². The van der Waals surface area contributed by atoms with Crippen LogP contribution in [0.5, 0.6) is 0 Å². The smallest absolute Gasteiger partial charge is 0.283 e. The van der Waals surface area contributed by atoms with Crippen LogP contribution >= 0.6 is 34.8 Å². The average Bonchev–Trinajstić information content (AvgIpc) is 3.09. The maximum atomic E-state index is 13.3. The van der Waals surface area contributed by atoms with E-state index in [9.17, 15) is 9.59 Å². The summed E-state index contributed by atoms with van der Waals surface area (Å²) in [5.74, 6) is -1.05. The molecule has 8 heteroatoms. The summed E-state index contributed by atoms with van der Waals surface area (Å²) in [7, 11) is 0. The monoisotopic (exact) mass is 525 g/mol. The molecule has 0 aromatic heterocycles. The molecule has 2 heterocycles. The third kappa shape index (κ3) is 4.57. The SMILES string of the molecule is O=C1C(Cl)=C(N2CCN(C(c3ccccc3)c3ccccc3)CC2)C(=O)N1c1ccc(Cl)cc1Cl. The van der Waals surface area contributed by atoms with Gasteiger partial charge in [0.15, 0.2) is 0 Å². The Morgan fingerprint density at radius 3 is 1.80 bits per heavy atom. The van der Waals surface area contributed by atoms with E-state index in [1.54, 1.807) is 12.1 Å². The molecule has 5 nitrogen and oxygen atoms in total. The fraction of sp³-hybridized carbons (Fsp3) is 0.185. The zero-order valence-corrected chi connectivity index (χ0v) is 21.0. The number of carbonyl (C=O) groups excluding carboxylic acids is 2. The highest BCUT2D eigenvalue weighted by Gasteiger charge is 2.43. The first kappa shape index (κ1) is 23.9. The lowest BCUT2D eigenvalue weighted by molar-refractivity contribution is -0.121. The molecule has 1 saturated heterocycles. The van der Waals surface area contributed by atoms with Gasteiger partial charge in [-0.3, -0.25) is 14.5 Å². The largest absolute Gasteiger partial charge is 0.363 e. The molecule has 0 aliphatic carbocycles. The molecule has 178 valence electrons. The van der Waals surface area contributed by atoms with Gasteiger partial charge in [0, 0.05) is 31.2 Å². The van der Waals surface area contributed by atoms with E-state index in [0.717, 1.165) is 4.90 Å². The van der Waals surface area contributed by atoms with E-state index in [1.807, 2.05) is 41.3 Å². The van der Waals surface area contributed by atoms with Crippen molar-refractivity contribution in [3.8, 4) is 0 Å². The number of anilines is 1. The Morgan fingerprint density at radius 2 is 1.26 bits per heavy atom. The van der Waals surface area contributed by atoms with Gasteiger partial charge in [-0.25, -0.2) is 4.90 Å². The Labute approximate surface area is 219 Å². The highest BCUT2D eigenvalue weighted by molar-refractivity contribution is 6.53. The number of amides is 2. The summed E-state index contributed by atoms with van der Waals surface area (Å²) in [6, 6.07) is 25.5. The number of hydrogen-bond acceptors (Lipinski definition) is 4. The zero-order valence-electron chi connectivity index (χ0n) is 18.7. The van der Waals surface area contributed by atoms with Crippen LogP contribution in [0.15, 0.2) is 89.6 Å². The zero-order chi connectivity index (χ0) is 24.5. The molecule has 1 fully saturated rings. The summed E-state index contributed by atoms with van der Waals surface area (Å²) in [6.45, 7) is 2.52. The molecule has 2 aliphatic heterocycles. The van der Waals surface area contributed by atoms with Crippen LogP contribution < -0.4 is 4.90 Å². The van der Waals surface area contributed by atoms with Gasteiger partial charge < -0.3 is 4.90 Å². The van der Waals surface area contributed by atoms with Crippen LogP contribution in [0.25, 0.3) is 0 Å². The maximum Gasteiger partial charge on any atom is 0.283 e. The Kier molecular flexibility index (Phi) is 6.85. The molecular formula is C27H22Cl3N3O2. The number of hydrogen-bond donors (Lipinski definition) is 0. The number of carbonyl (C=O) groups is 2. The molecule has 0 spiro atoms. The molecule has 0 radical (unpaired) electrons. The van der Waals surface area contributed by atoms with Crippen molar-refractivity contribution in [3.05, 3.63) is 111 Å². The molecule has 2 aliphatic rings. The first-order valence-electron chi connectivity index (χ1n) is 11.3. The van der Waals surface area contributed by atoms with Crippen molar-refractivity contribution in [2.75, 3.05) is 31.1 Å². The van der Waals surface area contributed by atoms with Crippen LogP contribution in [0.4, 0.5) is 5.69 Å². The Balaban J connectivity index is 1.37. The van der Waals surface area contributed by atoms with E-state index in [2.05, 4.69) is 29.2 Å². The molecule has 2 amide bonds. The second kappa shape index (κ2) is 10.0. The van der Waals surface area contributed by atoms with Gasteiger partial charge in [0.25, 0.3) is 11.8 Å². The minimum absolute atomic E-state index is 0.0860. The third-order valence-corrected chi connectivity index (χ3v) is 7.26. The normalized spacial score (nSPS) is 17.1. The first-order chi connectivity index (χ1) is 17.0. The van der Waals surface area contributed by atoms with E-state index >= 15 is 0 Å². The second-order valence-electron chi connectivity index (χ2n) is 8.45. The quantitative estimate of drug-likeness (QED) is 0.399. The Bertz CT molecular complexity index is 1250. The molecule has 0 unspecified atom stereocenters. The summed E-state index contributed by atoms with van der Waals surface area (Å²) < 4.78 is 0. The first-order valence-corrected chi connectivity index (χ1v) is 12.4. The van der Waals surface area contributed by atoms with Gasteiger partial charge in [0.1, 0.15) is 10.7 Å². The van der Waals surface area contributed by atoms with Crippen molar-refractivity contribution in [1.29, 1.82) is 0 Å². The van der Waals surface area contributed by atoms with Crippen molar-refractivity contribution in [1.82, 2.24) is 9.80 Å². The average molecular weight is 527 g/mol. The molecule has 0 N–H and O–H groups in total. The van der Waals surface area contributed by atoms with E-state index in [0.29, 0.717) is 31.2 Å². The van der Waals surface area contributed by atoms with Crippen LogP contribution in [0.2, 0.25) is 10.0 Å². The van der Waals surface area contributed by atoms with Crippen molar-refractivity contribution >= 4 is 52.3 Å². The van der Waals surface area contributed by atoms with Gasteiger partial charge in [-0.05, 0) is 29.3 Å². The molecule has 35 heavy (non-hydrogen) atoms. The summed E-state index contributed by atoms with van der Waals surface area (Å²) in [5.41, 5.74) is 2.91. The standard InChI is InChI=1S/C27H22Cl3N3O2/c28-20-11-12-22(21(29)17-20)33-26(34)23(30)25(27(33)35)32-15-13-31(14-16-32)24(18-7-3-1-4-8-18)19-9-5-2-6-10-19/h1-12,17,24H,13-16H2. The fourth-order valence-electron chi connectivity index (χ4n) is 4.74. The van der Waals surface area contributed by atoms with E-state index in [4.69, 9.17) is 34.8 Å². The van der Waals surface area contributed by atoms with Gasteiger partial charge in [0.05, 0.1) is 16.8 Å². The lowest BCUT2D eigenvalue weighted by atomic mass is 9.96. The van der Waals surface area contributed by atoms with Gasteiger partial charge in [-0.1, -0.05) is 95.5 Å². The summed E-state index contributed by atoms with van der Waals surface area (Å²) >= 11 is 18.7. The number of rotatable bonds is 5. The number of piperazine rings is 1. The summed E-state index contributed by atoms with van der Waals surface area (Å²) in [5, 5.41) is 0.542. The van der Waals surface area contributed by atoms with E-state index < -0.39 is 11.8 Å². The Hall–Kier alpha value is -2.83. The molecule has 3 aromatic carbocycles.